The van der Waals surface area contributed by atoms with E-state index in [0.29, 0.717) is 12.4 Å². The van der Waals surface area contributed by atoms with E-state index in [9.17, 15) is 5.11 Å². The van der Waals surface area contributed by atoms with E-state index in [2.05, 4.69) is 59.7 Å². The molecule has 0 spiro atoms. The molecule has 0 saturated heterocycles. The van der Waals surface area contributed by atoms with Gasteiger partial charge in [0.15, 0.2) is 0 Å². The van der Waals surface area contributed by atoms with Gasteiger partial charge in [-0.25, -0.2) is 4.98 Å². The van der Waals surface area contributed by atoms with Crippen molar-refractivity contribution in [3.63, 3.8) is 0 Å². The number of methoxy groups -OCH3 is 1. The lowest BCUT2D eigenvalue weighted by atomic mass is 9.99. The fraction of sp³-hybridized carbons (Fsp3) is 0.160. The fourth-order valence-electron chi connectivity index (χ4n) is 3.58. The number of rotatable bonds is 6. The summed E-state index contributed by atoms with van der Waals surface area (Å²) < 4.78 is 5.22. The number of hydrogen-bond acceptors (Lipinski definition) is 4. The van der Waals surface area contributed by atoms with Crippen LogP contribution in [-0.4, -0.2) is 17.2 Å². The number of phenolic OH excluding ortho intramolecular Hbond substituents is 1. The van der Waals surface area contributed by atoms with Crippen molar-refractivity contribution in [3.8, 4) is 22.9 Å². The van der Waals surface area contributed by atoms with E-state index in [-0.39, 0.29) is 11.8 Å². The topological polar surface area (TPSA) is 54.4 Å². The number of fused-ring (bicyclic) bond motifs is 1. The molecule has 0 saturated carbocycles. The third-order valence-corrected chi connectivity index (χ3v) is 5.20. The number of benzene rings is 3. The molecule has 4 nitrogen and oxygen atoms in total. The zero-order valence-electron chi connectivity index (χ0n) is 16.6. The van der Waals surface area contributed by atoms with Crippen molar-refractivity contribution in [1.82, 2.24) is 10.3 Å². The Kier molecular flexibility index (Phi) is 5.45. The van der Waals surface area contributed by atoms with Gasteiger partial charge in [-0.15, -0.1) is 0 Å². The molecule has 0 bridgehead atoms. The summed E-state index contributed by atoms with van der Waals surface area (Å²) >= 11 is 0. The number of aromatic hydroxyl groups is 1. The Hall–Kier alpha value is -3.37. The number of pyridine rings is 1. The summed E-state index contributed by atoms with van der Waals surface area (Å²) in [5.74, 6) is 0.842. The minimum Gasteiger partial charge on any atom is -0.508 e. The van der Waals surface area contributed by atoms with Crippen molar-refractivity contribution in [2.75, 3.05) is 7.11 Å². The molecule has 4 aromatic rings. The van der Waals surface area contributed by atoms with Gasteiger partial charge in [-0.05, 0) is 47.5 Å². The molecule has 0 aliphatic rings. The SMILES string of the molecule is COc1cccc(-c2ccc(O)c(CNC(C)c3cccc4ccccc34)c2)n1. The number of hydrogen-bond donors (Lipinski definition) is 2. The maximum absolute atomic E-state index is 10.4. The molecule has 1 heterocycles. The first-order chi connectivity index (χ1) is 14.2. The molecule has 146 valence electrons. The van der Waals surface area contributed by atoms with Crippen LogP contribution < -0.4 is 10.1 Å². The van der Waals surface area contributed by atoms with Crippen molar-refractivity contribution >= 4 is 10.8 Å². The normalized spacial score (nSPS) is 12.1. The van der Waals surface area contributed by atoms with Crippen molar-refractivity contribution in [3.05, 3.63) is 90.0 Å². The van der Waals surface area contributed by atoms with Crippen LogP contribution in [0, 0.1) is 0 Å². The lowest BCUT2D eigenvalue weighted by molar-refractivity contribution is 0.398. The Balaban J connectivity index is 1.56. The number of phenols is 1. The van der Waals surface area contributed by atoms with Gasteiger partial charge in [-0.1, -0.05) is 48.5 Å². The molecular weight excluding hydrogens is 360 g/mol. The van der Waals surface area contributed by atoms with Gasteiger partial charge in [0.2, 0.25) is 5.88 Å². The van der Waals surface area contributed by atoms with E-state index < -0.39 is 0 Å². The van der Waals surface area contributed by atoms with Crippen molar-refractivity contribution in [2.24, 2.45) is 0 Å². The van der Waals surface area contributed by atoms with Gasteiger partial charge >= 0.3 is 0 Å². The number of nitrogens with zero attached hydrogens (tertiary/aromatic N) is 1. The van der Waals surface area contributed by atoms with Crippen molar-refractivity contribution in [2.45, 2.75) is 19.5 Å². The van der Waals surface area contributed by atoms with Gasteiger partial charge in [0.25, 0.3) is 0 Å². The molecule has 0 radical (unpaired) electrons. The lowest BCUT2D eigenvalue weighted by Gasteiger charge is -2.17. The van der Waals surface area contributed by atoms with Gasteiger partial charge in [0.05, 0.1) is 12.8 Å². The monoisotopic (exact) mass is 384 g/mol. The molecule has 29 heavy (non-hydrogen) atoms. The van der Waals surface area contributed by atoms with Gasteiger partial charge in [-0.2, -0.15) is 0 Å². The Morgan fingerprint density at radius 3 is 2.62 bits per heavy atom. The van der Waals surface area contributed by atoms with E-state index in [1.165, 1.54) is 16.3 Å². The predicted molar refractivity (Wildman–Crippen MR) is 117 cm³/mol. The van der Waals surface area contributed by atoms with Crippen LogP contribution in [0.25, 0.3) is 22.0 Å². The highest BCUT2D eigenvalue weighted by Crippen LogP contribution is 2.28. The highest BCUT2D eigenvalue weighted by molar-refractivity contribution is 5.86. The largest absolute Gasteiger partial charge is 0.508 e. The maximum atomic E-state index is 10.4. The van der Waals surface area contributed by atoms with Crippen LogP contribution in [0.3, 0.4) is 0 Å². The molecule has 1 aromatic heterocycles. The molecule has 4 heteroatoms. The fourth-order valence-corrected chi connectivity index (χ4v) is 3.58. The summed E-state index contributed by atoms with van der Waals surface area (Å²) in [4.78, 5) is 4.48. The Morgan fingerprint density at radius 1 is 0.966 bits per heavy atom. The van der Waals surface area contributed by atoms with Crippen LogP contribution in [0.2, 0.25) is 0 Å². The molecule has 0 fully saturated rings. The third kappa shape index (κ3) is 4.08. The Labute approximate surface area is 170 Å². The first-order valence-corrected chi connectivity index (χ1v) is 9.70. The minimum atomic E-state index is 0.138. The standard InChI is InChI=1S/C25H24N2O2/c1-17(21-10-5-8-18-7-3-4-9-22(18)21)26-16-20-15-19(13-14-24(20)28)23-11-6-12-25(27-23)29-2/h3-15,17,26,28H,16H2,1-2H3. The zero-order chi connectivity index (χ0) is 20.2. The summed E-state index contributed by atoms with van der Waals surface area (Å²) in [5, 5.41) is 16.4. The number of nitrogens with one attached hydrogen (secondary N) is 1. The first kappa shape index (κ1) is 19.0. The molecule has 3 aromatic carbocycles. The van der Waals surface area contributed by atoms with Gasteiger partial charge < -0.3 is 15.2 Å². The van der Waals surface area contributed by atoms with Crippen molar-refractivity contribution in [1.29, 1.82) is 0 Å². The predicted octanol–water partition coefficient (Wildman–Crippen LogP) is 5.47. The van der Waals surface area contributed by atoms with Crippen LogP contribution in [-0.2, 0) is 6.54 Å². The summed E-state index contributed by atoms with van der Waals surface area (Å²) in [6, 6.07) is 26.1. The third-order valence-electron chi connectivity index (χ3n) is 5.20. The quantitative estimate of drug-likeness (QED) is 0.463. The first-order valence-electron chi connectivity index (χ1n) is 9.70. The maximum Gasteiger partial charge on any atom is 0.213 e. The van der Waals surface area contributed by atoms with Gasteiger partial charge in [0.1, 0.15) is 5.75 Å². The highest BCUT2D eigenvalue weighted by atomic mass is 16.5. The summed E-state index contributed by atoms with van der Waals surface area (Å²) in [6.07, 6.45) is 0. The van der Waals surface area contributed by atoms with Crippen LogP contribution in [0.5, 0.6) is 11.6 Å². The van der Waals surface area contributed by atoms with Crippen molar-refractivity contribution < 1.29 is 9.84 Å². The number of aromatic nitrogens is 1. The molecule has 0 amide bonds. The molecule has 1 atom stereocenters. The molecule has 0 aliphatic heterocycles. The number of ether oxygens (including phenoxy) is 1. The van der Waals surface area contributed by atoms with Crippen LogP contribution >= 0.6 is 0 Å². The lowest BCUT2D eigenvalue weighted by Crippen LogP contribution is -2.18. The average Bonchev–Trinajstić information content (AvgIpc) is 2.78. The minimum absolute atomic E-state index is 0.138. The van der Waals surface area contributed by atoms with E-state index in [4.69, 9.17) is 4.74 Å². The van der Waals surface area contributed by atoms with Crippen LogP contribution in [0.4, 0.5) is 0 Å². The molecule has 0 aliphatic carbocycles. The van der Waals surface area contributed by atoms with E-state index in [1.54, 1.807) is 13.2 Å². The van der Waals surface area contributed by atoms with Gasteiger partial charge in [0, 0.05) is 29.8 Å². The smallest absolute Gasteiger partial charge is 0.213 e. The Bertz CT molecular complexity index is 1140. The molecule has 1 unspecified atom stereocenters. The van der Waals surface area contributed by atoms with E-state index >= 15 is 0 Å². The summed E-state index contributed by atoms with van der Waals surface area (Å²) in [7, 11) is 1.60. The summed E-state index contributed by atoms with van der Waals surface area (Å²) in [6.45, 7) is 2.69. The zero-order valence-corrected chi connectivity index (χ0v) is 16.6. The molecule has 2 N–H and O–H groups in total. The highest BCUT2D eigenvalue weighted by Gasteiger charge is 2.11. The molecule has 4 rings (SSSR count). The molecular formula is C25H24N2O2. The van der Waals surface area contributed by atoms with E-state index in [0.717, 1.165) is 16.8 Å². The summed E-state index contributed by atoms with van der Waals surface area (Å²) in [5.41, 5.74) is 3.83. The second-order valence-corrected chi connectivity index (χ2v) is 7.08. The Morgan fingerprint density at radius 2 is 1.76 bits per heavy atom. The van der Waals surface area contributed by atoms with Crippen LogP contribution in [0.15, 0.2) is 78.9 Å². The van der Waals surface area contributed by atoms with Gasteiger partial charge in [-0.3, -0.25) is 0 Å². The van der Waals surface area contributed by atoms with E-state index in [1.807, 2.05) is 30.3 Å². The average molecular weight is 384 g/mol. The van der Waals surface area contributed by atoms with Crippen LogP contribution in [0.1, 0.15) is 24.1 Å². The second kappa shape index (κ2) is 8.33. The second-order valence-electron chi connectivity index (χ2n) is 7.08.